The van der Waals surface area contributed by atoms with Crippen LogP contribution in [0, 0.1) is 11.3 Å². The van der Waals surface area contributed by atoms with Gasteiger partial charge in [0.15, 0.2) is 0 Å². The summed E-state index contributed by atoms with van der Waals surface area (Å²) in [6.45, 7) is 2.83. The molecule has 0 radical (unpaired) electrons. The van der Waals surface area contributed by atoms with Gasteiger partial charge >= 0.3 is 0 Å². The van der Waals surface area contributed by atoms with E-state index < -0.39 is 0 Å². The summed E-state index contributed by atoms with van der Waals surface area (Å²) in [5.74, 6) is 0.701. The molecule has 0 aromatic heterocycles. The third-order valence-electron chi connectivity index (χ3n) is 3.52. The van der Waals surface area contributed by atoms with Gasteiger partial charge in [0, 0.05) is 6.54 Å². The van der Waals surface area contributed by atoms with Crippen LogP contribution in [0.3, 0.4) is 0 Å². The first kappa shape index (κ1) is 9.00. The molecular formula is C10H18N2O. The molecule has 0 saturated heterocycles. The summed E-state index contributed by atoms with van der Waals surface area (Å²) >= 11 is 0. The zero-order valence-corrected chi connectivity index (χ0v) is 8.18. The number of primary amides is 1. The highest BCUT2D eigenvalue weighted by molar-refractivity contribution is 5.79. The Kier molecular flexibility index (Phi) is 2.06. The second-order valence-electron chi connectivity index (χ2n) is 4.64. The predicted molar refractivity (Wildman–Crippen MR) is 51.1 cm³/mol. The van der Waals surface area contributed by atoms with Crippen molar-refractivity contribution >= 4 is 5.91 Å². The predicted octanol–water partition coefficient (Wildman–Crippen LogP) is 0.640. The molecule has 0 aromatic rings. The number of carbonyl (C=O) groups is 1. The molecule has 2 aliphatic carbocycles. The van der Waals surface area contributed by atoms with E-state index in [2.05, 4.69) is 5.32 Å². The molecule has 2 rings (SSSR count). The Balaban J connectivity index is 1.75. The van der Waals surface area contributed by atoms with E-state index in [-0.39, 0.29) is 11.9 Å². The second-order valence-corrected chi connectivity index (χ2v) is 4.64. The Bertz CT molecular complexity index is 219. The van der Waals surface area contributed by atoms with Crippen LogP contribution in [-0.4, -0.2) is 18.5 Å². The highest BCUT2D eigenvalue weighted by Crippen LogP contribution is 2.60. The van der Waals surface area contributed by atoms with Gasteiger partial charge in [-0.3, -0.25) is 4.79 Å². The third kappa shape index (κ3) is 1.85. The number of amides is 1. The van der Waals surface area contributed by atoms with E-state index in [0.717, 1.165) is 12.5 Å². The van der Waals surface area contributed by atoms with E-state index in [1.54, 1.807) is 0 Å². The Labute approximate surface area is 79.1 Å². The summed E-state index contributed by atoms with van der Waals surface area (Å²) in [5.41, 5.74) is 5.74. The van der Waals surface area contributed by atoms with Gasteiger partial charge in [0.25, 0.3) is 0 Å². The number of rotatable bonds is 5. The smallest absolute Gasteiger partial charge is 0.234 e. The zero-order valence-electron chi connectivity index (χ0n) is 8.18. The number of nitrogens with two attached hydrogens (primary N) is 1. The standard InChI is InChI=1S/C10H18N2O/c1-7(9(11)13)12-6-10(4-5-10)8-2-3-8/h7-8,12H,2-6H2,1H3,(H2,11,13). The summed E-state index contributed by atoms with van der Waals surface area (Å²) in [6.07, 6.45) is 5.48. The number of carbonyl (C=O) groups excluding carboxylic acids is 1. The van der Waals surface area contributed by atoms with Crippen LogP contribution in [0.2, 0.25) is 0 Å². The molecule has 0 aliphatic heterocycles. The van der Waals surface area contributed by atoms with Crippen LogP contribution in [0.5, 0.6) is 0 Å². The quantitative estimate of drug-likeness (QED) is 0.655. The fraction of sp³-hybridized carbons (Fsp3) is 0.900. The van der Waals surface area contributed by atoms with Crippen molar-refractivity contribution in [1.82, 2.24) is 5.32 Å². The fourth-order valence-corrected chi connectivity index (χ4v) is 2.04. The van der Waals surface area contributed by atoms with Gasteiger partial charge in [-0.05, 0) is 43.9 Å². The molecule has 3 nitrogen and oxygen atoms in total. The summed E-state index contributed by atoms with van der Waals surface area (Å²) in [4.78, 5) is 10.8. The molecule has 3 N–H and O–H groups in total. The van der Waals surface area contributed by atoms with Crippen molar-refractivity contribution in [1.29, 1.82) is 0 Å². The SMILES string of the molecule is CC(NCC1(C2CC2)CC1)C(N)=O. The summed E-state index contributed by atoms with van der Waals surface area (Å²) < 4.78 is 0. The van der Waals surface area contributed by atoms with Crippen molar-refractivity contribution in [3.63, 3.8) is 0 Å². The van der Waals surface area contributed by atoms with Crippen molar-refractivity contribution in [3.05, 3.63) is 0 Å². The van der Waals surface area contributed by atoms with E-state index in [9.17, 15) is 4.79 Å². The first-order valence-corrected chi connectivity index (χ1v) is 5.17. The van der Waals surface area contributed by atoms with Gasteiger partial charge in [0.1, 0.15) is 0 Å². The molecule has 2 aliphatic rings. The summed E-state index contributed by atoms with van der Waals surface area (Å²) in [6, 6.07) is -0.170. The van der Waals surface area contributed by atoms with Gasteiger partial charge < -0.3 is 11.1 Å². The minimum atomic E-state index is -0.244. The molecule has 2 saturated carbocycles. The molecular weight excluding hydrogens is 164 g/mol. The number of hydrogen-bond donors (Lipinski definition) is 2. The lowest BCUT2D eigenvalue weighted by atomic mass is 10.0. The van der Waals surface area contributed by atoms with Crippen molar-refractivity contribution in [2.45, 2.75) is 38.6 Å². The molecule has 2 fully saturated rings. The van der Waals surface area contributed by atoms with Crippen LogP contribution >= 0.6 is 0 Å². The molecule has 0 spiro atoms. The van der Waals surface area contributed by atoms with E-state index in [1.807, 2.05) is 6.92 Å². The van der Waals surface area contributed by atoms with Gasteiger partial charge in [-0.1, -0.05) is 0 Å². The first-order valence-electron chi connectivity index (χ1n) is 5.17. The minimum Gasteiger partial charge on any atom is -0.368 e. The van der Waals surface area contributed by atoms with Crippen LogP contribution in [-0.2, 0) is 4.79 Å². The topological polar surface area (TPSA) is 55.1 Å². The summed E-state index contributed by atoms with van der Waals surface area (Å²) in [7, 11) is 0. The van der Waals surface area contributed by atoms with Gasteiger partial charge in [0.05, 0.1) is 6.04 Å². The molecule has 1 atom stereocenters. The number of hydrogen-bond acceptors (Lipinski definition) is 2. The molecule has 1 amide bonds. The lowest BCUT2D eigenvalue weighted by Crippen LogP contribution is -2.41. The number of nitrogens with one attached hydrogen (secondary N) is 1. The maximum atomic E-state index is 10.8. The highest BCUT2D eigenvalue weighted by Gasteiger charge is 2.53. The van der Waals surface area contributed by atoms with E-state index in [0.29, 0.717) is 5.41 Å². The van der Waals surface area contributed by atoms with Gasteiger partial charge in [0.2, 0.25) is 5.91 Å². The van der Waals surface area contributed by atoms with Crippen molar-refractivity contribution in [2.75, 3.05) is 6.54 Å². The fourth-order valence-electron chi connectivity index (χ4n) is 2.04. The van der Waals surface area contributed by atoms with Crippen molar-refractivity contribution in [2.24, 2.45) is 17.1 Å². The van der Waals surface area contributed by atoms with Crippen LogP contribution in [0.4, 0.5) is 0 Å². The molecule has 3 heteroatoms. The lowest BCUT2D eigenvalue weighted by molar-refractivity contribution is -0.119. The monoisotopic (exact) mass is 182 g/mol. The largest absolute Gasteiger partial charge is 0.368 e. The molecule has 0 heterocycles. The Morgan fingerprint density at radius 2 is 2.23 bits per heavy atom. The van der Waals surface area contributed by atoms with Gasteiger partial charge in [-0.2, -0.15) is 0 Å². The lowest BCUT2D eigenvalue weighted by Gasteiger charge is -2.17. The second kappa shape index (κ2) is 2.98. The highest BCUT2D eigenvalue weighted by atomic mass is 16.1. The van der Waals surface area contributed by atoms with Crippen molar-refractivity contribution in [3.8, 4) is 0 Å². The molecule has 0 aromatic carbocycles. The molecule has 74 valence electrons. The Hall–Kier alpha value is -0.570. The maximum Gasteiger partial charge on any atom is 0.234 e. The third-order valence-corrected chi connectivity index (χ3v) is 3.52. The van der Waals surface area contributed by atoms with Crippen LogP contribution in [0.1, 0.15) is 32.6 Å². The van der Waals surface area contributed by atoms with Crippen molar-refractivity contribution < 1.29 is 4.79 Å². The normalized spacial score (nSPS) is 26.8. The van der Waals surface area contributed by atoms with Gasteiger partial charge in [-0.15, -0.1) is 0 Å². The van der Waals surface area contributed by atoms with E-state index in [4.69, 9.17) is 5.73 Å². The van der Waals surface area contributed by atoms with E-state index >= 15 is 0 Å². The average Bonchev–Trinajstić information content (AvgIpc) is 2.90. The molecule has 13 heavy (non-hydrogen) atoms. The van der Waals surface area contributed by atoms with Crippen LogP contribution in [0.15, 0.2) is 0 Å². The van der Waals surface area contributed by atoms with Crippen LogP contribution in [0.25, 0.3) is 0 Å². The van der Waals surface area contributed by atoms with Gasteiger partial charge in [-0.25, -0.2) is 0 Å². The maximum absolute atomic E-state index is 10.8. The van der Waals surface area contributed by atoms with Crippen LogP contribution < -0.4 is 11.1 Å². The van der Waals surface area contributed by atoms with E-state index in [1.165, 1.54) is 25.7 Å². The molecule has 1 unspecified atom stereocenters. The minimum absolute atomic E-state index is 0.170. The molecule has 0 bridgehead atoms. The zero-order chi connectivity index (χ0) is 9.47. The summed E-state index contributed by atoms with van der Waals surface area (Å²) in [5, 5.41) is 3.23. The average molecular weight is 182 g/mol. The Morgan fingerprint density at radius 3 is 2.62 bits per heavy atom. The Morgan fingerprint density at radius 1 is 1.62 bits per heavy atom. The first-order chi connectivity index (χ1) is 6.14.